The van der Waals surface area contributed by atoms with Crippen LogP contribution in [0.15, 0.2) is 53.9 Å². The number of nitrogens with zero attached hydrogens (tertiary/aromatic N) is 2. The Balaban J connectivity index is 1.98. The third-order valence-corrected chi connectivity index (χ3v) is 3.36. The Kier molecular flexibility index (Phi) is 3.16. The topological polar surface area (TPSA) is 42.9 Å². The number of allylic oxidation sites excluding steroid dienone is 1. The van der Waals surface area contributed by atoms with Gasteiger partial charge in [0.05, 0.1) is 5.69 Å². The average Bonchev–Trinajstić information content (AvgIpc) is 2.97. The zero-order valence-corrected chi connectivity index (χ0v) is 10.8. The zero-order chi connectivity index (χ0) is 13.1. The molecule has 0 spiro atoms. The smallest absolute Gasteiger partial charge is 0.186 e. The number of ketones is 1. The molecule has 0 aliphatic heterocycles. The number of carbonyl (C=O) groups is 1. The Hall–Kier alpha value is -2.33. The molecule has 0 unspecified atom stereocenters. The molecule has 0 N–H and O–H groups in total. The summed E-state index contributed by atoms with van der Waals surface area (Å²) in [5.41, 5.74) is 1.41. The van der Waals surface area contributed by atoms with Gasteiger partial charge in [0.2, 0.25) is 0 Å². The Morgan fingerprint density at radius 3 is 2.79 bits per heavy atom. The summed E-state index contributed by atoms with van der Waals surface area (Å²) in [6, 6.07) is 13.6. The molecule has 0 aliphatic rings. The number of fused-ring (bicyclic) bond motifs is 1. The molecule has 0 saturated carbocycles. The molecule has 2 aromatic carbocycles. The Labute approximate surface area is 114 Å². The number of aromatic nitrogens is 2. The summed E-state index contributed by atoms with van der Waals surface area (Å²) in [5.74, 6) is -0.0233. The summed E-state index contributed by atoms with van der Waals surface area (Å²) in [4.78, 5) is 12.2. The Morgan fingerprint density at radius 1 is 1.11 bits per heavy atom. The van der Waals surface area contributed by atoms with Gasteiger partial charge in [-0.05, 0) is 34.5 Å². The normalized spacial score (nSPS) is 11.2. The van der Waals surface area contributed by atoms with Crippen LogP contribution < -0.4 is 0 Å². The molecule has 92 valence electrons. The second-order valence-corrected chi connectivity index (χ2v) is 4.66. The van der Waals surface area contributed by atoms with Crippen LogP contribution in [0.2, 0.25) is 0 Å². The van der Waals surface area contributed by atoms with Crippen LogP contribution in [-0.2, 0) is 0 Å². The largest absolute Gasteiger partial charge is 0.289 e. The van der Waals surface area contributed by atoms with Gasteiger partial charge in [-0.3, -0.25) is 4.79 Å². The molecule has 1 heterocycles. The molecule has 0 fully saturated rings. The van der Waals surface area contributed by atoms with Crippen molar-refractivity contribution in [1.82, 2.24) is 9.59 Å². The highest BCUT2D eigenvalue weighted by atomic mass is 32.1. The van der Waals surface area contributed by atoms with Crippen molar-refractivity contribution in [3.8, 4) is 0 Å². The van der Waals surface area contributed by atoms with Crippen LogP contribution in [0.1, 0.15) is 16.1 Å². The average molecular weight is 266 g/mol. The van der Waals surface area contributed by atoms with Crippen molar-refractivity contribution in [3.05, 3.63) is 65.2 Å². The summed E-state index contributed by atoms with van der Waals surface area (Å²) >= 11 is 1.27. The van der Waals surface area contributed by atoms with Crippen molar-refractivity contribution in [2.75, 3.05) is 0 Å². The molecular formula is C15H10N2OS. The molecule has 0 saturated heterocycles. The first kappa shape index (κ1) is 11.7. The fourth-order valence-electron chi connectivity index (χ4n) is 1.94. The van der Waals surface area contributed by atoms with Gasteiger partial charge in [-0.25, -0.2) is 0 Å². The fourth-order valence-corrected chi connectivity index (χ4v) is 2.36. The van der Waals surface area contributed by atoms with Crippen LogP contribution in [0.5, 0.6) is 0 Å². The van der Waals surface area contributed by atoms with Crippen molar-refractivity contribution < 1.29 is 4.79 Å². The van der Waals surface area contributed by atoms with Crippen molar-refractivity contribution in [1.29, 1.82) is 0 Å². The Bertz CT molecular complexity index is 742. The first-order valence-electron chi connectivity index (χ1n) is 5.82. The number of hydrogen-bond acceptors (Lipinski definition) is 4. The number of benzene rings is 2. The highest BCUT2D eigenvalue weighted by Crippen LogP contribution is 2.19. The molecular weight excluding hydrogens is 256 g/mol. The molecule has 3 rings (SSSR count). The van der Waals surface area contributed by atoms with E-state index in [2.05, 4.69) is 9.59 Å². The van der Waals surface area contributed by atoms with Gasteiger partial charge in [0.15, 0.2) is 5.78 Å². The maximum atomic E-state index is 12.2. The van der Waals surface area contributed by atoms with E-state index in [1.807, 2.05) is 42.5 Å². The van der Waals surface area contributed by atoms with Crippen molar-refractivity contribution in [3.63, 3.8) is 0 Å². The van der Waals surface area contributed by atoms with Crippen molar-refractivity contribution in [2.24, 2.45) is 0 Å². The summed E-state index contributed by atoms with van der Waals surface area (Å²) in [6.07, 6.45) is 3.23. The zero-order valence-electron chi connectivity index (χ0n) is 9.98. The van der Waals surface area contributed by atoms with E-state index in [0.717, 1.165) is 10.8 Å². The highest BCUT2D eigenvalue weighted by molar-refractivity contribution is 7.03. The van der Waals surface area contributed by atoms with Crippen molar-refractivity contribution >= 4 is 34.2 Å². The predicted molar refractivity (Wildman–Crippen MR) is 77.2 cm³/mol. The molecule has 1 aromatic heterocycles. The van der Waals surface area contributed by atoms with E-state index < -0.39 is 0 Å². The van der Waals surface area contributed by atoms with E-state index in [-0.39, 0.29) is 5.78 Å². The van der Waals surface area contributed by atoms with Gasteiger partial charge >= 0.3 is 0 Å². The molecule has 3 nitrogen and oxygen atoms in total. The van der Waals surface area contributed by atoms with Gasteiger partial charge < -0.3 is 0 Å². The molecule has 0 atom stereocenters. The second kappa shape index (κ2) is 5.12. The number of rotatable bonds is 3. The number of hydrogen-bond donors (Lipinski definition) is 0. The van der Waals surface area contributed by atoms with Crippen LogP contribution in [-0.4, -0.2) is 15.4 Å². The summed E-state index contributed by atoms with van der Waals surface area (Å²) in [7, 11) is 0. The van der Waals surface area contributed by atoms with Gasteiger partial charge in [0.1, 0.15) is 0 Å². The van der Waals surface area contributed by atoms with Crippen LogP contribution in [0.25, 0.3) is 16.8 Å². The van der Waals surface area contributed by atoms with Crippen LogP contribution in [0.3, 0.4) is 0 Å². The molecule has 3 aromatic rings. The van der Waals surface area contributed by atoms with E-state index in [1.165, 1.54) is 11.5 Å². The van der Waals surface area contributed by atoms with Crippen LogP contribution in [0.4, 0.5) is 0 Å². The second-order valence-electron chi connectivity index (χ2n) is 4.05. The lowest BCUT2D eigenvalue weighted by molar-refractivity contribution is 0.104. The minimum atomic E-state index is -0.0233. The fraction of sp³-hybridized carbons (Fsp3) is 0. The van der Waals surface area contributed by atoms with E-state index in [9.17, 15) is 4.79 Å². The van der Waals surface area contributed by atoms with Crippen LogP contribution in [0, 0.1) is 0 Å². The maximum Gasteiger partial charge on any atom is 0.186 e. The lowest BCUT2D eigenvalue weighted by Gasteiger charge is -2.02. The summed E-state index contributed by atoms with van der Waals surface area (Å²) < 4.78 is 3.75. The van der Waals surface area contributed by atoms with Crippen molar-refractivity contribution in [2.45, 2.75) is 0 Å². The standard InChI is InChI=1S/C15H10N2OS/c18-15(9-8-12-10-19-17-16-12)14-7-3-5-11-4-1-2-6-13(11)14/h1-10H/b9-8-. The summed E-state index contributed by atoms with van der Waals surface area (Å²) in [5, 5.41) is 7.71. The predicted octanol–water partition coefficient (Wildman–Crippen LogP) is 3.59. The quantitative estimate of drug-likeness (QED) is 0.537. The molecule has 4 heteroatoms. The van der Waals surface area contributed by atoms with Crippen LogP contribution >= 0.6 is 11.5 Å². The third-order valence-electron chi connectivity index (χ3n) is 2.84. The van der Waals surface area contributed by atoms with Gasteiger partial charge in [-0.1, -0.05) is 47.0 Å². The van der Waals surface area contributed by atoms with Gasteiger partial charge in [-0.2, -0.15) is 0 Å². The molecule has 19 heavy (non-hydrogen) atoms. The SMILES string of the molecule is O=C(/C=C\c1csnn1)c1cccc2ccccc12. The molecule has 0 aliphatic carbocycles. The van der Waals surface area contributed by atoms with E-state index in [4.69, 9.17) is 0 Å². The van der Waals surface area contributed by atoms with E-state index >= 15 is 0 Å². The number of carbonyl (C=O) groups excluding carboxylic acids is 1. The minimum Gasteiger partial charge on any atom is -0.289 e. The first-order valence-corrected chi connectivity index (χ1v) is 6.65. The maximum absolute atomic E-state index is 12.2. The lowest BCUT2D eigenvalue weighted by atomic mass is 10.0. The minimum absolute atomic E-state index is 0.0233. The Morgan fingerprint density at radius 2 is 1.95 bits per heavy atom. The van der Waals surface area contributed by atoms with E-state index in [0.29, 0.717) is 11.3 Å². The lowest BCUT2D eigenvalue weighted by Crippen LogP contribution is -1.95. The van der Waals surface area contributed by atoms with Gasteiger partial charge in [0.25, 0.3) is 0 Å². The monoisotopic (exact) mass is 266 g/mol. The summed E-state index contributed by atoms with van der Waals surface area (Å²) in [6.45, 7) is 0. The third kappa shape index (κ3) is 2.44. The molecule has 0 radical (unpaired) electrons. The van der Waals surface area contributed by atoms with Gasteiger partial charge in [0, 0.05) is 10.9 Å². The van der Waals surface area contributed by atoms with E-state index in [1.54, 1.807) is 17.5 Å². The molecule has 0 bridgehead atoms. The highest BCUT2D eigenvalue weighted by Gasteiger charge is 2.06. The molecule has 0 amide bonds. The van der Waals surface area contributed by atoms with Gasteiger partial charge in [-0.15, -0.1) is 5.10 Å². The first-order chi connectivity index (χ1) is 9.34.